The zero-order valence-corrected chi connectivity index (χ0v) is 25.2. The Bertz CT molecular complexity index is 2010. The van der Waals surface area contributed by atoms with E-state index in [1.54, 1.807) is 0 Å². The first-order chi connectivity index (χ1) is 21.3. The first-order valence-corrected chi connectivity index (χ1v) is 17.1. The quantitative estimate of drug-likeness (QED) is 0.187. The van der Waals surface area contributed by atoms with Crippen molar-refractivity contribution in [1.29, 1.82) is 0 Å². The SMILES string of the molecule is Cc1nc2c(ncn2[C@@H]2O[C@@H]3COP(O)(=S)O[C@H]4[C@@H](F)[C@H](n5cnc6c(N)ncnc65)O[C@@H]4CNS(=O)(=O)O[C@@H]2[C@@H]3F)c(=O)[nH]1. The number of imidazole rings is 2. The first-order valence-electron chi connectivity index (χ1n) is 13.1. The van der Waals surface area contributed by atoms with Crippen LogP contribution in [0.5, 0.6) is 0 Å². The van der Waals surface area contributed by atoms with Crippen LogP contribution in [0.25, 0.3) is 22.3 Å². The van der Waals surface area contributed by atoms with Gasteiger partial charge in [0.15, 0.2) is 53.5 Å². The second-order valence-electron chi connectivity index (χ2n) is 10.3. The third kappa shape index (κ3) is 5.41. The zero-order chi connectivity index (χ0) is 31.8. The molecule has 0 radical (unpaired) electrons. The van der Waals surface area contributed by atoms with Gasteiger partial charge in [0, 0.05) is 6.54 Å². The average molecular weight is 693 g/mol. The van der Waals surface area contributed by atoms with Crippen molar-refractivity contribution in [3.05, 3.63) is 35.2 Å². The largest absolute Gasteiger partial charge is 0.382 e. The Morgan fingerprint density at radius 3 is 2.53 bits per heavy atom. The van der Waals surface area contributed by atoms with Crippen LogP contribution in [-0.2, 0) is 44.8 Å². The number of anilines is 1. The molecular weight excluding hydrogens is 669 g/mol. The minimum Gasteiger partial charge on any atom is -0.382 e. The van der Waals surface area contributed by atoms with E-state index in [0.717, 1.165) is 17.2 Å². The molecule has 0 aromatic carbocycles. The predicted molar refractivity (Wildman–Crippen MR) is 149 cm³/mol. The third-order valence-corrected chi connectivity index (χ3v) is 9.93. The van der Waals surface area contributed by atoms with Crippen molar-refractivity contribution in [2.24, 2.45) is 0 Å². The molecule has 3 fully saturated rings. The fraction of sp³-hybridized carbons (Fsp3) is 0.524. The summed E-state index contributed by atoms with van der Waals surface area (Å²) in [6.07, 6.45) is -10.3. The van der Waals surface area contributed by atoms with Crippen LogP contribution in [0.4, 0.5) is 14.6 Å². The van der Waals surface area contributed by atoms with Crippen LogP contribution >= 0.6 is 6.72 Å². The minimum absolute atomic E-state index is 0.0258. The molecule has 0 saturated carbocycles. The van der Waals surface area contributed by atoms with Gasteiger partial charge in [-0.2, -0.15) is 13.1 Å². The lowest BCUT2D eigenvalue weighted by molar-refractivity contribution is -0.0472. The maximum atomic E-state index is 16.0. The van der Waals surface area contributed by atoms with Crippen molar-refractivity contribution in [3.8, 4) is 0 Å². The summed E-state index contributed by atoms with van der Waals surface area (Å²) in [5, 5.41) is 0. The molecule has 7 rings (SSSR count). The fourth-order valence-electron chi connectivity index (χ4n) is 5.36. The number of hydrogen-bond acceptors (Lipinski definition) is 15. The van der Waals surface area contributed by atoms with Crippen molar-refractivity contribution in [2.45, 2.75) is 56.1 Å². The van der Waals surface area contributed by atoms with E-state index in [9.17, 15) is 18.1 Å². The minimum atomic E-state index is -4.81. The van der Waals surface area contributed by atoms with Gasteiger partial charge in [-0.3, -0.25) is 18.5 Å². The first kappa shape index (κ1) is 30.5. The predicted octanol–water partition coefficient (Wildman–Crippen LogP) is -0.827. The molecule has 242 valence electrons. The Hall–Kier alpha value is -3.12. The monoisotopic (exact) mass is 692 g/mol. The van der Waals surface area contributed by atoms with Crippen LogP contribution in [-0.4, -0.2) is 102 Å². The fourth-order valence-corrected chi connectivity index (χ4v) is 7.73. The topological polar surface area (TPSA) is 246 Å². The summed E-state index contributed by atoms with van der Waals surface area (Å²) in [6, 6.07) is 0. The highest BCUT2D eigenvalue weighted by atomic mass is 32.5. The Labute approximate surface area is 255 Å². The number of halogens is 2. The molecule has 5 N–H and O–H groups in total. The maximum Gasteiger partial charge on any atom is 0.336 e. The molecule has 24 heteroatoms. The summed E-state index contributed by atoms with van der Waals surface area (Å²) in [6.45, 7) is -4.27. The van der Waals surface area contributed by atoms with Gasteiger partial charge in [0.05, 0.1) is 19.3 Å². The Morgan fingerprint density at radius 2 is 1.76 bits per heavy atom. The number of hydrogen-bond donors (Lipinski definition) is 4. The smallest absolute Gasteiger partial charge is 0.336 e. The van der Waals surface area contributed by atoms with Gasteiger partial charge in [0.25, 0.3) is 5.56 Å². The molecule has 9 atom stereocenters. The average Bonchev–Trinajstić information content (AvgIpc) is 3.72. The van der Waals surface area contributed by atoms with Crippen LogP contribution in [0.1, 0.15) is 18.3 Å². The lowest BCUT2D eigenvalue weighted by atomic mass is 10.1. The molecule has 3 aliphatic rings. The van der Waals surface area contributed by atoms with Gasteiger partial charge in [-0.25, -0.2) is 37.9 Å². The number of rotatable bonds is 2. The summed E-state index contributed by atoms with van der Waals surface area (Å²) in [5.41, 5.74) is 5.35. The number of alkyl halides is 2. The number of nitrogen functional groups attached to an aromatic ring is 1. The molecule has 3 aliphatic heterocycles. The van der Waals surface area contributed by atoms with E-state index in [-0.39, 0.29) is 34.0 Å². The summed E-state index contributed by atoms with van der Waals surface area (Å²) in [5.74, 6) is 0.226. The van der Waals surface area contributed by atoms with Crippen LogP contribution in [0, 0.1) is 6.92 Å². The maximum absolute atomic E-state index is 16.0. The van der Waals surface area contributed by atoms with E-state index < -0.39 is 84.9 Å². The number of nitrogens with one attached hydrogen (secondary N) is 2. The van der Waals surface area contributed by atoms with Crippen molar-refractivity contribution < 1.29 is 44.8 Å². The number of nitrogens with zero attached hydrogens (tertiary/aromatic N) is 7. The van der Waals surface area contributed by atoms with Crippen LogP contribution in [0.2, 0.25) is 0 Å². The lowest BCUT2D eigenvalue weighted by Crippen LogP contribution is -2.43. The second-order valence-corrected chi connectivity index (χ2v) is 14.5. The molecule has 45 heavy (non-hydrogen) atoms. The number of nitrogens with two attached hydrogens (primary N) is 1. The van der Waals surface area contributed by atoms with Crippen LogP contribution < -0.4 is 16.0 Å². The van der Waals surface area contributed by atoms with E-state index in [4.69, 9.17) is 40.2 Å². The molecule has 4 aromatic rings. The highest BCUT2D eigenvalue weighted by Crippen LogP contribution is 2.50. The highest BCUT2D eigenvalue weighted by molar-refractivity contribution is 8.07. The van der Waals surface area contributed by atoms with Gasteiger partial charge in [-0.15, -0.1) is 0 Å². The Morgan fingerprint density at radius 1 is 1.04 bits per heavy atom. The van der Waals surface area contributed by atoms with E-state index in [1.807, 2.05) is 0 Å². The lowest BCUT2D eigenvalue weighted by Gasteiger charge is -2.26. The Kier molecular flexibility index (Phi) is 7.46. The third-order valence-electron chi connectivity index (χ3n) is 7.37. The number of aromatic amines is 1. The molecule has 1 unspecified atom stereocenters. The highest BCUT2D eigenvalue weighted by Gasteiger charge is 2.53. The van der Waals surface area contributed by atoms with Crippen molar-refractivity contribution in [2.75, 3.05) is 18.9 Å². The van der Waals surface area contributed by atoms with E-state index in [1.165, 1.54) is 17.8 Å². The van der Waals surface area contributed by atoms with Crippen LogP contribution in [0.15, 0.2) is 23.8 Å². The number of H-pyrrole nitrogens is 1. The van der Waals surface area contributed by atoms with Gasteiger partial charge >= 0.3 is 17.0 Å². The molecule has 2 bridgehead atoms. The van der Waals surface area contributed by atoms with Gasteiger partial charge < -0.3 is 29.6 Å². The second kappa shape index (κ2) is 11.0. The van der Waals surface area contributed by atoms with Gasteiger partial charge in [-0.1, -0.05) is 0 Å². The van der Waals surface area contributed by atoms with Gasteiger partial charge in [0.2, 0.25) is 0 Å². The number of aromatic nitrogens is 8. The molecule has 0 spiro atoms. The van der Waals surface area contributed by atoms with Crippen LogP contribution in [0.3, 0.4) is 0 Å². The number of ether oxygens (including phenoxy) is 2. The van der Waals surface area contributed by atoms with Crippen molar-refractivity contribution in [3.63, 3.8) is 0 Å². The summed E-state index contributed by atoms with van der Waals surface area (Å²) < 4.78 is 90.1. The number of aryl methyl sites for hydroxylation is 1. The standard InChI is InChI=1S/C21H23F2N10O9PS2/c1-7-30-18-13(19(34)31-7)28-6-33(18)21-15-10(22)9(40-21)3-38-43(35,44)41-14-8(2-29-45(36,37)42-15)39-20(11(14)23)32-5-27-12-16(24)25-4-26-17(12)32/h4-6,8-11,14-15,20-21,29H,2-3H2,1H3,(H,35,44)(H2,24,25,26)(H,30,31,34)/t8-,9-,10-,11-,14-,15-,20-,21-,43?/m1/s1. The molecule has 19 nitrogen and oxygen atoms in total. The molecule has 0 aliphatic carbocycles. The summed E-state index contributed by atoms with van der Waals surface area (Å²) in [7, 11) is -4.81. The summed E-state index contributed by atoms with van der Waals surface area (Å²) in [4.78, 5) is 45.9. The normalized spacial score (nSPS) is 35.6. The Balaban J connectivity index is 1.21. The zero-order valence-electron chi connectivity index (χ0n) is 22.7. The van der Waals surface area contributed by atoms with E-state index in [2.05, 4.69) is 34.6 Å². The van der Waals surface area contributed by atoms with Gasteiger partial charge in [-0.05, 0) is 18.7 Å². The molecule has 7 heterocycles. The molecule has 0 amide bonds. The van der Waals surface area contributed by atoms with E-state index in [0.29, 0.717) is 0 Å². The molecular formula is C21H23F2N10O9PS2. The molecule has 4 aromatic heterocycles. The van der Waals surface area contributed by atoms with Crippen molar-refractivity contribution >= 4 is 57.0 Å². The van der Waals surface area contributed by atoms with Crippen molar-refractivity contribution in [1.82, 2.24) is 43.8 Å². The molecule has 3 saturated heterocycles. The van der Waals surface area contributed by atoms with E-state index >= 15 is 8.78 Å². The summed E-state index contributed by atoms with van der Waals surface area (Å²) >= 11 is 5.10. The number of fused-ring (bicyclic) bond motifs is 5. The van der Waals surface area contributed by atoms with Gasteiger partial charge in [0.1, 0.15) is 36.0 Å².